The average Bonchev–Trinajstić information content (AvgIpc) is 2.79. The molecule has 1 aromatic heterocycles. The van der Waals surface area contributed by atoms with Gasteiger partial charge < -0.3 is 5.32 Å². The molecule has 3 heteroatoms. The molecule has 1 aliphatic rings. The highest BCUT2D eigenvalue weighted by atomic mass is 15.2. The first-order valence-corrected chi connectivity index (χ1v) is 7.56. The molecule has 1 N–H and O–H groups in total. The van der Waals surface area contributed by atoms with Crippen molar-refractivity contribution in [3.05, 3.63) is 41.7 Å². The molecule has 0 amide bonds. The average molecular weight is 269 g/mol. The first kappa shape index (κ1) is 13.4. The molecule has 1 atom stereocenters. The molecule has 0 aliphatic carbocycles. The number of piperidine rings is 1. The van der Waals surface area contributed by atoms with Gasteiger partial charge in [-0.25, -0.2) is 0 Å². The summed E-state index contributed by atoms with van der Waals surface area (Å²) in [7, 11) is 1.99. The third-order valence-corrected chi connectivity index (χ3v) is 4.20. The molecule has 1 aliphatic heterocycles. The van der Waals surface area contributed by atoms with Crippen molar-refractivity contribution in [3.8, 4) is 11.1 Å². The van der Waals surface area contributed by atoms with Gasteiger partial charge in [0.1, 0.15) is 0 Å². The van der Waals surface area contributed by atoms with Crippen molar-refractivity contribution in [1.82, 2.24) is 15.1 Å². The van der Waals surface area contributed by atoms with Crippen molar-refractivity contribution in [2.75, 3.05) is 6.54 Å². The lowest BCUT2D eigenvalue weighted by Gasteiger charge is -2.24. The van der Waals surface area contributed by atoms with Gasteiger partial charge in [-0.15, -0.1) is 0 Å². The molecule has 3 nitrogen and oxygen atoms in total. The Morgan fingerprint density at radius 3 is 2.80 bits per heavy atom. The number of aromatic nitrogens is 2. The topological polar surface area (TPSA) is 29.9 Å². The lowest BCUT2D eigenvalue weighted by atomic mass is 9.92. The molecule has 3 rings (SSSR count). The first-order chi connectivity index (χ1) is 9.74. The smallest absolute Gasteiger partial charge is 0.0672 e. The quantitative estimate of drug-likeness (QED) is 0.928. The lowest BCUT2D eigenvalue weighted by Crippen LogP contribution is -2.35. The molecule has 0 bridgehead atoms. The van der Waals surface area contributed by atoms with Crippen LogP contribution in [0.5, 0.6) is 0 Å². The van der Waals surface area contributed by atoms with E-state index < -0.39 is 0 Å². The zero-order valence-electron chi connectivity index (χ0n) is 12.4. The van der Waals surface area contributed by atoms with Crippen LogP contribution < -0.4 is 5.32 Å². The standard InChI is InChI=1S/C17H23N3/c1-13-17(12-20(2)19-13)16-9-4-3-7-14(16)11-15-8-5-6-10-18-15/h3-4,7,9,12,15,18H,5-6,8,10-11H2,1-2H3. The van der Waals surface area contributed by atoms with E-state index in [2.05, 4.69) is 47.8 Å². The minimum atomic E-state index is 0.627. The summed E-state index contributed by atoms with van der Waals surface area (Å²) in [5, 5.41) is 8.12. The van der Waals surface area contributed by atoms with Gasteiger partial charge in [0.15, 0.2) is 0 Å². The Morgan fingerprint density at radius 2 is 2.10 bits per heavy atom. The normalized spacial score (nSPS) is 19.2. The summed E-state index contributed by atoms with van der Waals surface area (Å²) in [6.07, 6.45) is 7.21. The number of hydrogen-bond donors (Lipinski definition) is 1. The summed E-state index contributed by atoms with van der Waals surface area (Å²) in [5.74, 6) is 0. The Bertz CT molecular complexity index is 580. The number of aryl methyl sites for hydroxylation is 2. The summed E-state index contributed by atoms with van der Waals surface area (Å²) >= 11 is 0. The van der Waals surface area contributed by atoms with Crippen LogP contribution in [-0.2, 0) is 13.5 Å². The van der Waals surface area contributed by atoms with Gasteiger partial charge in [-0.05, 0) is 43.9 Å². The number of hydrogen-bond acceptors (Lipinski definition) is 2. The fourth-order valence-electron chi connectivity index (χ4n) is 3.19. The van der Waals surface area contributed by atoms with Gasteiger partial charge in [-0.1, -0.05) is 30.7 Å². The summed E-state index contributed by atoms with van der Waals surface area (Å²) in [6.45, 7) is 3.25. The van der Waals surface area contributed by atoms with Crippen LogP contribution in [0.3, 0.4) is 0 Å². The van der Waals surface area contributed by atoms with Gasteiger partial charge in [0.25, 0.3) is 0 Å². The Kier molecular flexibility index (Phi) is 3.88. The Balaban J connectivity index is 1.89. The van der Waals surface area contributed by atoms with E-state index >= 15 is 0 Å². The van der Waals surface area contributed by atoms with Crippen molar-refractivity contribution < 1.29 is 0 Å². The van der Waals surface area contributed by atoms with Crippen molar-refractivity contribution in [2.24, 2.45) is 7.05 Å². The SMILES string of the molecule is Cc1nn(C)cc1-c1ccccc1CC1CCCCN1. The number of rotatable bonds is 3. The van der Waals surface area contributed by atoms with Crippen LogP contribution in [0, 0.1) is 6.92 Å². The van der Waals surface area contributed by atoms with Crippen LogP contribution in [0.2, 0.25) is 0 Å². The predicted molar refractivity (Wildman–Crippen MR) is 82.7 cm³/mol. The Hall–Kier alpha value is -1.61. The molecule has 2 aromatic rings. The van der Waals surface area contributed by atoms with Crippen molar-refractivity contribution in [3.63, 3.8) is 0 Å². The summed E-state index contributed by atoms with van der Waals surface area (Å²) in [5.41, 5.74) is 5.14. The van der Waals surface area contributed by atoms with E-state index in [4.69, 9.17) is 0 Å². The van der Waals surface area contributed by atoms with E-state index in [9.17, 15) is 0 Å². The van der Waals surface area contributed by atoms with Gasteiger partial charge >= 0.3 is 0 Å². The maximum atomic E-state index is 4.48. The molecule has 1 saturated heterocycles. The largest absolute Gasteiger partial charge is 0.314 e. The predicted octanol–water partition coefficient (Wildman–Crippen LogP) is 3.08. The minimum Gasteiger partial charge on any atom is -0.314 e. The zero-order chi connectivity index (χ0) is 13.9. The molecule has 0 spiro atoms. The molecule has 1 unspecified atom stereocenters. The molecule has 106 valence electrons. The summed E-state index contributed by atoms with van der Waals surface area (Å²) in [6, 6.07) is 9.38. The van der Waals surface area contributed by atoms with Crippen molar-refractivity contribution in [1.29, 1.82) is 0 Å². The second-order valence-electron chi connectivity index (χ2n) is 5.81. The molecular formula is C17H23N3. The molecule has 0 radical (unpaired) electrons. The number of benzene rings is 1. The van der Waals surface area contributed by atoms with E-state index in [1.807, 2.05) is 11.7 Å². The number of nitrogens with one attached hydrogen (secondary N) is 1. The maximum absolute atomic E-state index is 4.48. The number of nitrogens with zero attached hydrogens (tertiary/aromatic N) is 2. The van der Waals surface area contributed by atoms with Crippen LogP contribution in [0.25, 0.3) is 11.1 Å². The van der Waals surface area contributed by atoms with Crippen LogP contribution in [0.15, 0.2) is 30.5 Å². The molecule has 2 heterocycles. The molecule has 1 fully saturated rings. The third kappa shape index (κ3) is 2.78. The van der Waals surface area contributed by atoms with Crippen molar-refractivity contribution in [2.45, 2.75) is 38.6 Å². The van der Waals surface area contributed by atoms with Gasteiger partial charge in [0.2, 0.25) is 0 Å². The first-order valence-electron chi connectivity index (χ1n) is 7.56. The highest BCUT2D eigenvalue weighted by molar-refractivity contribution is 5.68. The lowest BCUT2D eigenvalue weighted by molar-refractivity contribution is 0.399. The fraction of sp³-hybridized carbons (Fsp3) is 0.471. The molecule has 0 saturated carbocycles. The summed E-state index contributed by atoms with van der Waals surface area (Å²) < 4.78 is 1.90. The highest BCUT2D eigenvalue weighted by Crippen LogP contribution is 2.27. The monoisotopic (exact) mass is 269 g/mol. The Labute approximate surface area is 121 Å². The highest BCUT2D eigenvalue weighted by Gasteiger charge is 2.16. The Morgan fingerprint density at radius 1 is 1.25 bits per heavy atom. The van der Waals surface area contributed by atoms with Gasteiger partial charge in [-0.3, -0.25) is 4.68 Å². The fourth-order valence-corrected chi connectivity index (χ4v) is 3.19. The van der Waals surface area contributed by atoms with E-state index in [0.717, 1.165) is 12.1 Å². The third-order valence-electron chi connectivity index (χ3n) is 4.20. The van der Waals surface area contributed by atoms with E-state index in [1.165, 1.54) is 42.5 Å². The van der Waals surface area contributed by atoms with Gasteiger partial charge in [-0.2, -0.15) is 5.10 Å². The van der Waals surface area contributed by atoms with E-state index in [0.29, 0.717) is 6.04 Å². The van der Waals surface area contributed by atoms with Crippen LogP contribution >= 0.6 is 0 Å². The van der Waals surface area contributed by atoms with Crippen LogP contribution in [0.1, 0.15) is 30.5 Å². The molecule has 20 heavy (non-hydrogen) atoms. The van der Waals surface area contributed by atoms with Crippen molar-refractivity contribution >= 4 is 0 Å². The van der Waals surface area contributed by atoms with Crippen LogP contribution in [0.4, 0.5) is 0 Å². The van der Waals surface area contributed by atoms with E-state index in [1.54, 1.807) is 0 Å². The summed E-state index contributed by atoms with van der Waals surface area (Å²) in [4.78, 5) is 0. The van der Waals surface area contributed by atoms with Gasteiger partial charge in [0.05, 0.1) is 5.69 Å². The van der Waals surface area contributed by atoms with E-state index in [-0.39, 0.29) is 0 Å². The van der Waals surface area contributed by atoms with Crippen LogP contribution in [-0.4, -0.2) is 22.4 Å². The second-order valence-corrected chi connectivity index (χ2v) is 5.81. The van der Waals surface area contributed by atoms with Gasteiger partial charge in [0, 0.05) is 24.8 Å². The minimum absolute atomic E-state index is 0.627. The maximum Gasteiger partial charge on any atom is 0.0672 e. The molecular weight excluding hydrogens is 246 g/mol. The second kappa shape index (κ2) is 5.80. The molecule has 1 aromatic carbocycles. The zero-order valence-corrected chi connectivity index (χ0v) is 12.4.